The molecule has 0 amide bonds. The standard InChI is InChI=1S/C44H78O9/c1-3-5-7-9-11-13-15-17-18-19-20-21-23-25-27-29-31-33-40(46)52-38(37-51-44-43(49)42(48)41(47)39(35-45)53-44)36-50-34-32-30-28-26-24-22-16-14-12-10-8-6-4-2/h5,7,11,13,17-18,20-21,38-39,41-45,47-49H,3-4,6,8-10,12,14-16,19,22-37H2,1-2H3/b7-5-,13-11-,18-17-,21-20-. The molecular formula is C44H78O9. The molecule has 0 aromatic carbocycles. The normalized spacial score (nSPS) is 21.5. The number of carbonyl (C=O) groups excluding carboxylic acids is 1. The largest absolute Gasteiger partial charge is 0.457 e. The lowest BCUT2D eigenvalue weighted by Gasteiger charge is -2.39. The van der Waals surface area contributed by atoms with Crippen LogP contribution in [0.5, 0.6) is 0 Å². The molecule has 0 aliphatic carbocycles. The summed E-state index contributed by atoms with van der Waals surface area (Å²) >= 11 is 0. The summed E-state index contributed by atoms with van der Waals surface area (Å²) in [6.07, 6.45) is 35.6. The summed E-state index contributed by atoms with van der Waals surface area (Å²) in [5.41, 5.74) is 0. The predicted molar refractivity (Wildman–Crippen MR) is 215 cm³/mol. The zero-order chi connectivity index (χ0) is 38.6. The third-order valence-corrected chi connectivity index (χ3v) is 9.51. The molecule has 1 fully saturated rings. The van der Waals surface area contributed by atoms with Crippen LogP contribution in [-0.2, 0) is 23.7 Å². The second-order valence-corrected chi connectivity index (χ2v) is 14.4. The van der Waals surface area contributed by atoms with Crippen molar-refractivity contribution in [1.82, 2.24) is 0 Å². The van der Waals surface area contributed by atoms with Gasteiger partial charge in [0.25, 0.3) is 0 Å². The number of allylic oxidation sites excluding steroid dienone is 8. The third kappa shape index (κ3) is 27.4. The van der Waals surface area contributed by atoms with Gasteiger partial charge in [0.05, 0.1) is 19.8 Å². The fourth-order valence-electron chi connectivity index (χ4n) is 6.19. The molecule has 1 rings (SSSR count). The van der Waals surface area contributed by atoms with Crippen molar-refractivity contribution in [2.75, 3.05) is 26.4 Å². The van der Waals surface area contributed by atoms with Crippen molar-refractivity contribution in [3.05, 3.63) is 48.6 Å². The molecule has 0 radical (unpaired) electrons. The number of aliphatic hydroxyl groups excluding tert-OH is 4. The lowest BCUT2D eigenvalue weighted by molar-refractivity contribution is -0.305. The summed E-state index contributed by atoms with van der Waals surface area (Å²) in [6, 6.07) is 0. The molecule has 0 saturated carbocycles. The Balaban J connectivity index is 2.31. The maximum Gasteiger partial charge on any atom is 0.306 e. The predicted octanol–water partition coefficient (Wildman–Crippen LogP) is 8.97. The van der Waals surface area contributed by atoms with E-state index in [9.17, 15) is 25.2 Å². The molecule has 0 bridgehead atoms. The Labute approximate surface area is 322 Å². The summed E-state index contributed by atoms with van der Waals surface area (Å²) in [5, 5.41) is 40.0. The van der Waals surface area contributed by atoms with Crippen LogP contribution in [0.2, 0.25) is 0 Å². The van der Waals surface area contributed by atoms with Crippen LogP contribution in [0.25, 0.3) is 0 Å². The SMILES string of the molecule is CC/C=C\C/C=C\C/C=C\C/C=C\CCCCCCC(=O)OC(COCCCCCCCCCCCCCCC)COC1OC(CO)C(O)C(O)C1O. The maximum absolute atomic E-state index is 12.7. The molecule has 6 atom stereocenters. The van der Waals surface area contributed by atoms with Gasteiger partial charge in [-0.15, -0.1) is 0 Å². The lowest BCUT2D eigenvalue weighted by Crippen LogP contribution is -2.59. The summed E-state index contributed by atoms with van der Waals surface area (Å²) in [4.78, 5) is 12.7. The van der Waals surface area contributed by atoms with Crippen molar-refractivity contribution in [3.63, 3.8) is 0 Å². The fourth-order valence-corrected chi connectivity index (χ4v) is 6.19. The Morgan fingerprint density at radius 2 is 1.15 bits per heavy atom. The van der Waals surface area contributed by atoms with Crippen molar-refractivity contribution >= 4 is 5.97 Å². The van der Waals surface area contributed by atoms with Crippen LogP contribution in [0.3, 0.4) is 0 Å². The maximum atomic E-state index is 12.7. The molecule has 4 N–H and O–H groups in total. The molecule has 53 heavy (non-hydrogen) atoms. The highest BCUT2D eigenvalue weighted by Gasteiger charge is 2.44. The lowest BCUT2D eigenvalue weighted by atomic mass is 9.99. The average Bonchev–Trinajstić information content (AvgIpc) is 3.16. The van der Waals surface area contributed by atoms with Gasteiger partial charge in [-0.3, -0.25) is 4.79 Å². The molecule has 1 saturated heterocycles. The van der Waals surface area contributed by atoms with E-state index in [1.165, 1.54) is 70.6 Å². The van der Waals surface area contributed by atoms with E-state index < -0.39 is 43.4 Å². The Hall–Kier alpha value is -1.85. The summed E-state index contributed by atoms with van der Waals surface area (Å²) in [6.45, 7) is 4.41. The van der Waals surface area contributed by atoms with Gasteiger partial charge in [0.15, 0.2) is 6.29 Å². The number of esters is 1. The van der Waals surface area contributed by atoms with Gasteiger partial charge in [0, 0.05) is 13.0 Å². The van der Waals surface area contributed by atoms with Crippen molar-refractivity contribution in [1.29, 1.82) is 0 Å². The van der Waals surface area contributed by atoms with Crippen molar-refractivity contribution in [2.24, 2.45) is 0 Å². The fraction of sp³-hybridized carbons (Fsp3) is 0.795. The molecule has 0 aromatic rings. The van der Waals surface area contributed by atoms with Crippen molar-refractivity contribution < 1.29 is 44.2 Å². The minimum absolute atomic E-state index is 0.123. The minimum atomic E-state index is -1.54. The molecule has 1 aliphatic heterocycles. The Morgan fingerprint density at radius 1 is 0.623 bits per heavy atom. The van der Waals surface area contributed by atoms with Crippen LogP contribution in [0, 0.1) is 0 Å². The molecule has 6 unspecified atom stereocenters. The summed E-state index contributed by atoms with van der Waals surface area (Å²) in [5.74, 6) is -0.337. The minimum Gasteiger partial charge on any atom is -0.457 e. The third-order valence-electron chi connectivity index (χ3n) is 9.51. The van der Waals surface area contributed by atoms with E-state index >= 15 is 0 Å². The molecule has 1 aliphatic rings. The van der Waals surface area contributed by atoms with Gasteiger partial charge < -0.3 is 39.4 Å². The smallest absolute Gasteiger partial charge is 0.306 e. The van der Waals surface area contributed by atoms with Gasteiger partial charge in [-0.2, -0.15) is 0 Å². The van der Waals surface area contributed by atoms with Crippen LogP contribution in [0.1, 0.15) is 162 Å². The monoisotopic (exact) mass is 751 g/mol. The second-order valence-electron chi connectivity index (χ2n) is 14.4. The van der Waals surface area contributed by atoms with Gasteiger partial charge in [-0.25, -0.2) is 0 Å². The molecule has 9 heteroatoms. The van der Waals surface area contributed by atoms with E-state index in [4.69, 9.17) is 18.9 Å². The van der Waals surface area contributed by atoms with Crippen LogP contribution in [0.15, 0.2) is 48.6 Å². The highest BCUT2D eigenvalue weighted by molar-refractivity contribution is 5.69. The van der Waals surface area contributed by atoms with E-state index in [0.29, 0.717) is 13.0 Å². The van der Waals surface area contributed by atoms with Crippen LogP contribution in [0.4, 0.5) is 0 Å². The number of ether oxygens (including phenoxy) is 4. The van der Waals surface area contributed by atoms with Crippen molar-refractivity contribution in [2.45, 2.75) is 198 Å². The van der Waals surface area contributed by atoms with Crippen LogP contribution in [-0.4, -0.2) is 89.6 Å². The molecule has 1 heterocycles. The molecule has 308 valence electrons. The Morgan fingerprint density at radius 3 is 1.74 bits per heavy atom. The number of carbonyl (C=O) groups is 1. The number of rotatable bonds is 35. The van der Waals surface area contributed by atoms with Crippen LogP contribution < -0.4 is 0 Å². The topological polar surface area (TPSA) is 135 Å². The highest BCUT2D eigenvalue weighted by Crippen LogP contribution is 2.22. The quantitative estimate of drug-likeness (QED) is 0.0285. The zero-order valence-corrected chi connectivity index (χ0v) is 33.5. The zero-order valence-electron chi connectivity index (χ0n) is 33.5. The first kappa shape index (κ1) is 49.2. The number of hydrogen-bond acceptors (Lipinski definition) is 9. The summed E-state index contributed by atoms with van der Waals surface area (Å²) in [7, 11) is 0. The number of aliphatic hydroxyl groups is 4. The van der Waals surface area contributed by atoms with Gasteiger partial charge >= 0.3 is 5.97 Å². The molecule has 0 spiro atoms. The van der Waals surface area contributed by atoms with Crippen LogP contribution >= 0.6 is 0 Å². The highest BCUT2D eigenvalue weighted by atomic mass is 16.7. The number of hydrogen-bond donors (Lipinski definition) is 4. The van der Waals surface area contributed by atoms with E-state index in [2.05, 4.69) is 62.5 Å². The first-order chi connectivity index (χ1) is 25.9. The first-order valence-corrected chi connectivity index (χ1v) is 21.2. The van der Waals surface area contributed by atoms with E-state index in [0.717, 1.165) is 70.6 Å². The van der Waals surface area contributed by atoms with E-state index in [-0.39, 0.29) is 19.2 Å². The molecular weight excluding hydrogens is 672 g/mol. The Kier molecular flexibility index (Phi) is 33.2. The Bertz CT molecular complexity index is 947. The van der Waals surface area contributed by atoms with Gasteiger partial charge in [0.2, 0.25) is 0 Å². The molecule has 9 nitrogen and oxygen atoms in total. The van der Waals surface area contributed by atoms with Gasteiger partial charge in [-0.05, 0) is 51.4 Å². The van der Waals surface area contributed by atoms with Gasteiger partial charge in [-0.1, -0.05) is 152 Å². The van der Waals surface area contributed by atoms with E-state index in [1.54, 1.807) is 0 Å². The van der Waals surface area contributed by atoms with Gasteiger partial charge in [0.1, 0.15) is 30.5 Å². The number of unbranched alkanes of at least 4 members (excludes halogenated alkanes) is 16. The van der Waals surface area contributed by atoms with E-state index in [1.807, 2.05) is 0 Å². The average molecular weight is 751 g/mol. The molecule has 0 aromatic heterocycles. The van der Waals surface area contributed by atoms with Crippen molar-refractivity contribution in [3.8, 4) is 0 Å². The summed E-state index contributed by atoms with van der Waals surface area (Å²) < 4.78 is 22.7. The second kappa shape index (κ2) is 35.8. The first-order valence-electron chi connectivity index (χ1n) is 21.2.